The first-order valence-corrected chi connectivity index (χ1v) is 15.5. The second-order valence-corrected chi connectivity index (χ2v) is 14.6. The van der Waals surface area contributed by atoms with Crippen LogP contribution in [-0.4, -0.2) is 64.9 Å². The van der Waals surface area contributed by atoms with Crippen molar-refractivity contribution in [2.24, 2.45) is 0 Å². The molecule has 1 aliphatic heterocycles. The molecule has 0 unspecified atom stereocenters. The molecule has 0 atom stereocenters. The normalized spacial score (nSPS) is 18.3. The summed E-state index contributed by atoms with van der Waals surface area (Å²) in [5, 5.41) is 4.89. The fourth-order valence-corrected chi connectivity index (χ4v) is 7.49. The molecule has 208 valence electrons. The number of hydrogen-bond acceptors (Lipinski definition) is 8. The number of fused-ring (bicyclic) bond motifs is 1. The summed E-state index contributed by atoms with van der Waals surface area (Å²) in [5.74, 6) is 0. The Labute approximate surface area is 226 Å². The van der Waals surface area contributed by atoms with E-state index in [0.717, 1.165) is 0 Å². The van der Waals surface area contributed by atoms with Gasteiger partial charge in [-0.3, -0.25) is 9.41 Å². The highest BCUT2D eigenvalue weighted by molar-refractivity contribution is 7.89. The maximum Gasteiger partial charge on any atom is 0.445 e. The van der Waals surface area contributed by atoms with Crippen molar-refractivity contribution < 1.29 is 30.0 Å². The molecule has 1 N–H and O–H groups in total. The maximum atomic E-state index is 13.3. The molecule has 39 heavy (non-hydrogen) atoms. The number of hydrogen-bond donors (Lipinski definition) is 1. The lowest BCUT2D eigenvalue weighted by molar-refractivity contribution is -0.138. The molecule has 2 aliphatic rings. The van der Waals surface area contributed by atoms with Gasteiger partial charge < -0.3 is 0 Å². The second kappa shape index (κ2) is 9.34. The SMILES string of the molecule is [C-]#[N+]C1(NS(=O)(=O)c2cc(C3=CCN(S(=O)(=O)C(C)C)CC3)c3ncn(-c4nnc(C(F)(F)F)s4)c3c2)CC1. The summed E-state index contributed by atoms with van der Waals surface area (Å²) in [6, 6.07) is 2.66. The van der Waals surface area contributed by atoms with E-state index in [9.17, 15) is 30.0 Å². The zero-order chi connectivity index (χ0) is 28.4. The Hall–Kier alpha value is -2.91. The lowest BCUT2D eigenvalue weighted by Gasteiger charge is -2.27. The van der Waals surface area contributed by atoms with Gasteiger partial charge in [0.1, 0.15) is 6.33 Å². The zero-order valence-electron chi connectivity index (χ0n) is 20.6. The summed E-state index contributed by atoms with van der Waals surface area (Å²) >= 11 is 0.279. The van der Waals surface area contributed by atoms with Gasteiger partial charge >= 0.3 is 6.18 Å². The molecule has 2 aromatic heterocycles. The van der Waals surface area contributed by atoms with Crippen LogP contribution in [0, 0.1) is 6.57 Å². The van der Waals surface area contributed by atoms with Crippen LogP contribution in [-0.2, 0) is 26.2 Å². The fraction of sp³-hybridized carbons (Fsp3) is 0.455. The Bertz CT molecular complexity index is 1750. The van der Waals surface area contributed by atoms with Gasteiger partial charge in [-0.2, -0.15) is 17.5 Å². The largest absolute Gasteiger partial charge is 0.445 e. The molecule has 1 aliphatic carbocycles. The Morgan fingerprint density at radius 2 is 1.90 bits per heavy atom. The first-order chi connectivity index (χ1) is 18.2. The highest BCUT2D eigenvalue weighted by Crippen LogP contribution is 2.40. The van der Waals surface area contributed by atoms with E-state index in [0.29, 0.717) is 29.5 Å². The molecule has 5 rings (SSSR count). The number of nitrogens with one attached hydrogen (secondary N) is 1. The highest BCUT2D eigenvalue weighted by Gasteiger charge is 2.54. The first kappa shape index (κ1) is 27.6. The second-order valence-electron chi connectivity index (χ2n) is 9.52. The molecule has 0 amide bonds. The number of benzene rings is 1. The average molecular weight is 602 g/mol. The van der Waals surface area contributed by atoms with E-state index < -0.39 is 42.1 Å². The third-order valence-corrected chi connectivity index (χ3v) is 11.2. The van der Waals surface area contributed by atoms with Crippen molar-refractivity contribution >= 4 is 48.0 Å². The molecular formula is C22H22F3N7O4S3. The number of nitrogens with zero attached hydrogens (tertiary/aromatic N) is 6. The monoisotopic (exact) mass is 601 g/mol. The molecule has 17 heteroatoms. The lowest BCUT2D eigenvalue weighted by atomic mass is 9.99. The van der Waals surface area contributed by atoms with E-state index in [2.05, 4.69) is 24.7 Å². The van der Waals surface area contributed by atoms with Gasteiger partial charge in [-0.05, 0) is 38.0 Å². The first-order valence-electron chi connectivity index (χ1n) is 11.7. The third-order valence-electron chi connectivity index (χ3n) is 6.53. The average Bonchev–Trinajstić information content (AvgIpc) is 3.26. The zero-order valence-corrected chi connectivity index (χ0v) is 23.0. The molecule has 0 spiro atoms. The van der Waals surface area contributed by atoms with Gasteiger partial charge in [0.2, 0.25) is 30.2 Å². The number of imidazole rings is 1. The number of rotatable bonds is 7. The smallest absolute Gasteiger partial charge is 0.292 e. The van der Waals surface area contributed by atoms with Crippen LogP contribution in [0.1, 0.15) is 43.7 Å². The van der Waals surface area contributed by atoms with Crippen LogP contribution in [0.25, 0.3) is 26.6 Å². The van der Waals surface area contributed by atoms with Crippen molar-refractivity contribution in [3.8, 4) is 5.13 Å². The van der Waals surface area contributed by atoms with E-state index >= 15 is 0 Å². The number of alkyl halides is 3. The maximum absolute atomic E-state index is 13.3. The number of sulfonamides is 2. The van der Waals surface area contributed by atoms with Crippen LogP contribution in [0.5, 0.6) is 0 Å². The van der Waals surface area contributed by atoms with Gasteiger partial charge in [-0.25, -0.2) is 28.4 Å². The van der Waals surface area contributed by atoms with Crippen LogP contribution in [0.2, 0.25) is 0 Å². The predicted molar refractivity (Wildman–Crippen MR) is 137 cm³/mol. The van der Waals surface area contributed by atoms with E-state index in [1.165, 1.54) is 27.3 Å². The summed E-state index contributed by atoms with van der Waals surface area (Å²) < 4.78 is 96.3. The summed E-state index contributed by atoms with van der Waals surface area (Å²) in [5.41, 5.74) is 0.280. The van der Waals surface area contributed by atoms with Crippen molar-refractivity contribution in [3.63, 3.8) is 0 Å². The summed E-state index contributed by atoms with van der Waals surface area (Å²) in [4.78, 5) is 7.53. The molecule has 0 saturated heterocycles. The Morgan fingerprint density at radius 1 is 1.18 bits per heavy atom. The van der Waals surface area contributed by atoms with E-state index in [4.69, 9.17) is 6.57 Å². The molecule has 3 heterocycles. The Kier molecular flexibility index (Phi) is 6.62. The van der Waals surface area contributed by atoms with Gasteiger partial charge in [-0.1, -0.05) is 17.4 Å². The van der Waals surface area contributed by atoms with Crippen molar-refractivity contribution in [2.45, 2.75) is 55.1 Å². The minimum Gasteiger partial charge on any atom is -0.292 e. The minimum absolute atomic E-state index is 0.0689. The Morgan fingerprint density at radius 3 is 2.44 bits per heavy atom. The quantitative estimate of drug-likeness (QED) is 0.411. The molecule has 0 bridgehead atoms. The van der Waals surface area contributed by atoms with Crippen LogP contribution in [0.15, 0.2) is 29.4 Å². The molecule has 0 radical (unpaired) electrons. The predicted octanol–water partition coefficient (Wildman–Crippen LogP) is 3.41. The van der Waals surface area contributed by atoms with Gasteiger partial charge in [-0.15, -0.1) is 14.9 Å². The van der Waals surface area contributed by atoms with Crippen LogP contribution < -0.4 is 4.72 Å². The van der Waals surface area contributed by atoms with Gasteiger partial charge in [0.05, 0.1) is 34.0 Å². The fourth-order valence-electron chi connectivity index (χ4n) is 4.16. The highest BCUT2D eigenvalue weighted by atomic mass is 32.2. The Balaban J connectivity index is 1.64. The minimum atomic E-state index is -4.71. The van der Waals surface area contributed by atoms with Crippen LogP contribution in [0.3, 0.4) is 0 Å². The van der Waals surface area contributed by atoms with Crippen molar-refractivity contribution in [1.82, 2.24) is 28.8 Å². The number of aromatic nitrogens is 4. The molecule has 1 saturated carbocycles. The lowest BCUT2D eigenvalue weighted by Crippen LogP contribution is -2.39. The molecule has 11 nitrogen and oxygen atoms in total. The van der Waals surface area contributed by atoms with E-state index in [-0.39, 0.29) is 46.4 Å². The summed E-state index contributed by atoms with van der Waals surface area (Å²) in [6.45, 7) is 10.7. The summed E-state index contributed by atoms with van der Waals surface area (Å²) in [7, 11) is -7.72. The molecule has 3 aromatic rings. The summed E-state index contributed by atoms with van der Waals surface area (Å²) in [6.07, 6.45) is -0.816. The standard InChI is InChI=1S/C22H22F3N7O4S3/c1-13(2)39(35,36)31-8-4-14(5-9-31)16-10-15(38(33,34)30-21(26-3)6-7-21)11-17-18(16)27-12-32(17)20-29-28-19(37-20)22(23,24)25/h4,10-13,30H,5-9H2,1-2H3. The number of halogens is 3. The van der Waals surface area contributed by atoms with Crippen molar-refractivity contribution in [1.29, 1.82) is 0 Å². The van der Waals surface area contributed by atoms with Crippen LogP contribution in [0.4, 0.5) is 13.2 Å². The van der Waals surface area contributed by atoms with Crippen molar-refractivity contribution in [2.75, 3.05) is 13.1 Å². The van der Waals surface area contributed by atoms with Crippen LogP contribution >= 0.6 is 11.3 Å². The van der Waals surface area contributed by atoms with E-state index in [1.807, 2.05) is 0 Å². The molecule has 1 fully saturated rings. The van der Waals surface area contributed by atoms with Crippen molar-refractivity contribution in [3.05, 3.63) is 46.5 Å². The third kappa shape index (κ3) is 5.07. The molecule has 1 aromatic carbocycles. The van der Waals surface area contributed by atoms with Gasteiger partial charge in [0, 0.05) is 18.7 Å². The topological polar surface area (TPSA) is 132 Å². The van der Waals surface area contributed by atoms with Gasteiger partial charge in [0.25, 0.3) is 5.66 Å². The van der Waals surface area contributed by atoms with E-state index in [1.54, 1.807) is 19.9 Å². The molecular weight excluding hydrogens is 579 g/mol. The van der Waals surface area contributed by atoms with Gasteiger partial charge in [0.15, 0.2) is 0 Å².